The molecule has 0 saturated carbocycles. The Kier molecular flexibility index (Phi) is 6.67. The van der Waals surface area contributed by atoms with Crippen molar-refractivity contribution in [1.82, 2.24) is 4.90 Å². The van der Waals surface area contributed by atoms with Crippen LogP contribution in [-0.4, -0.2) is 23.3 Å². The molecule has 0 bridgehead atoms. The van der Waals surface area contributed by atoms with E-state index in [2.05, 4.69) is 5.32 Å². The van der Waals surface area contributed by atoms with E-state index in [1.165, 1.54) is 12.1 Å². The lowest BCUT2D eigenvalue weighted by Gasteiger charge is -2.26. The fourth-order valence-corrected chi connectivity index (χ4v) is 4.69. The Hall–Kier alpha value is -4.19. The Balaban J connectivity index is 1.31. The fraction of sp³-hybridized carbons (Fsp3) is 0.200. The minimum atomic E-state index is -0.426. The maximum absolute atomic E-state index is 13.6. The average molecular weight is 483 g/mol. The van der Waals surface area contributed by atoms with E-state index in [4.69, 9.17) is 4.42 Å². The van der Waals surface area contributed by atoms with E-state index in [0.717, 1.165) is 22.5 Å². The zero-order chi connectivity index (χ0) is 25.1. The van der Waals surface area contributed by atoms with Crippen LogP contribution in [0.4, 0.5) is 10.1 Å². The van der Waals surface area contributed by atoms with Crippen LogP contribution in [0.5, 0.6) is 0 Å². The smallest absolute Gasteiger partial charge is 0.254 e. The van der Waals surface area contributed by atoms with Crippen molar-refractivity contribution < 1.29 is 18.4 Å². The first kappa shape index (κ1) is 23.5. The van der Waals surface area contributed by atoms with E-state index in [1.54, 1.807) is 17.0 Å². The Morgan fingerprint density at radius 2 is 1.81 bits per heavy atom. The molecule has 1 aliphatic heterocycles. The van der Waals surface area contributed by atoms with Gasteiger partial charge in [0.1, 0.15) is 17.3 Å². The van der Waals surface area contributed by atoms with Crippen molar-refractivity contribution in [1.29, 1.82) is 0 Å². The van der Waals surface area contributed by atoms with Gasteiger partial charge in [-0.15, -0.1) is 0 Å². The molecule has 6 heteroatoms. The highest BCUT2D eigenvalue weighted by atomic mass is 19.1. The molecule has 182 valence electrons. The molecule has 1 N–H and O–H groups in total. The Morgan fingerprint density at radius 3 is 2.58 bits per heavy atom. The molecule has 4 aromatic rings. The van der Waals surface area contributed by atoms with Gasteiger partial charge in [-0.1, -0.05) is 55.5 Å². The van der Waals surface area contributed by atoms with Gasteiger partial charge in [-0.2, -0.15) is 0 Å². The highest BCUT2D eigenvalue weighted by Gasteiger charge is 2.26. The van der Waals surface area contributed by atoms with Gasteiger partial charge in [-0.05, 0) is 48.4 Å². The first-order valence-electron chi connectivity index (χ1n) is 12.1. The first-order valence-corrected chi connectivity index (χ1v) is 12.1. The summed E-state index contributed by atoms with van der Waals surface area (Å²) in [6.45, 7) is 2.91. The van der Waals surface area contributed by atoms with Gasteiger partial charge < -0.3 is 14.6 Å². The van der Waals surface area contributed by atoms with Gasteiger partial charge in [0.2, 0.25) is 5.91 Å². The van der Waals surface area contributed by atoms with Crippen molar-refractivity contribution >= 4 is 17.5 Å². The maximum Gasteiger partial charge on any atom is 0.254 e. The lowest BCUT2D eigenvalue weighted by atomic mass is 9.95. The molecule has 0 aliphatic carbocycles. The summed E-state index contributed by atoms with van der Waals surface area (Å²) in [4.78, 5) is 27.6. The molecule has 1 atom stereocenters. The summed E-state index contributed by atoms with van der Waals surface area (Å²) in [7, 11) is 0. The number of anilines is 1. The van der Waals surface area contributed by atoms with Crippen LogP contribution in [0.3, 0.4) is 0 Å². The van der Waals surface area contributed by atoms with E-state index < -0.39 is 5.82 Å². The van der Waals surface area contributed by atoms with Gasteiger partial charge in [0.05, 0.1) is 5.92 Å². The number of nitrogens with one attached hydrogen (secondary N) is 1. The monoisotopic (exact) mass is 482 g/mol. The summed E-state index contributed by atoms with van der Waals surface area (Å²) in [5.41, 5.74) is 3.81. The lowest BCUT2D eigenvalue weighted by molar-refractivity contribution is -0.117. The van der Waals surface area contributed by atoms with Crippen LogP contribution in [0, 0.1) is 5.82 Å². The molecule has 5 nitrogen and oxygen atoms in total. The normalized spacial score (nSPS) is 13.7. The average Bonchev–Trinajstić information content (AvgIpc) is 3.33. The topological polar surface area (TPSA) is 62.6 Å². The van der Waals surface area contributed by atoms with E-state index in [-0.39, 0.29) is 17.7 Å². The number of rotatable bonds is 6. The molecule has 0 spiro atoms. The molecule has 5 rings (SSSR count). The number of carbonyl (C=O) groups is 2. The van der Waals surface area contributed by atoms with Gasteiger partial charge in [0.25, 0.3) is 5.91 Å². The van der Waals surface area contributed by atoms with E-state index in [1.807, 2.05) is 67.6 Å². The van der Waals surface area contributed by atoms with Crippen molar-refractivity contribution in [2.45, 2.75) is 32.2 Å². The molecule has 36 heavy (non-hydrogen) atoms. The SMILES string of the molecule is CCC(C(=O)Nc1cccc(-c2cc3c(o2)CCN(C(=O)c2cccc(F)c2)C3)c1)c1ccccc1. The molecule has 1 unspecified atom stereocenters. The number of furan rings is 1. The van der Waals surface area contributed by atoms with Crippen molar-refractivity contribution in [3.63, 3.8) is 0 Å². The van der Waals surface area contributed by atoms with Crippen LogP contribution in [0.2, 0.25) is 0 Å². The van der Waals surface area contributed by atoms with Gasteiger partial charge in [0, 0.05) is 41.9 Å². The summed E-state index contributed by atoms with van der Waals surface area (Å²) >= 11 is 0. The molecule has 3 aromatic carbocycles. The largest absolute Gasteiger partial charge is 0.461 e. The van der Waals surface area contributed by atoms with E-state index in [9.17, 15) is 14.0 Å². The van der Waals surface area contributed by atoms with Crippen LogP contribution in [-0.2, 0) is 17.8 Å². The first-order chi connectivity index (χ1) is 17.5. The number of hydrogen-bond acceptors (Lipinski definition) is 3. The van der Waals surface area contributed by atoms with Crippen LogP contribution < -0.4 is 5.32 Å². The number of halogens is 1. The predicted molar refractivity (Wildman–Crippen MR) is 137 cm³/mol. The van der Waals surface area contributed by atoms with Crippen LogP contribution in [0.1, 0.15) is 46.5 Å². The maximum atomic E-state index is 13.6. The van der Waals surface area contributed by atoms with Gasteiger partial charge in [-0.25, -0.2) is 4.39 Å². The standard InChI is InChI=1S/C30H27FN2O3/c1-2-26(20-8-4-3-5-9-20)29(34)32-25-13-7-10-21(17-25)28-18-23-19-33(15-14-27(23)36-28)30(35)22-11-6-12-24(31)16-22/h3-13,16-18,26H,2,14-15,19H2,1H3,(H,32,34). The number of nitrogens with zero attached hydrogens (tertiary/aromatic N) is 1. The summed E-state index contributed by atoms with van der Waals surface area (Å²) in [5.74, 6) is 0.629. The fourth-order valence-electron chi connectivity index (χ4n) is 4.69. The van der Waals surface area contributed by atoms with E-state index in [0.29, 0.717) is 42.9 Å². The molecule has 0 saturated heterocycles. The second kappa shape index (κ2) is 10.2. The predicted octanol–water partition coefficient (Wildman–Crippen LogP) is 6.42. The van der Waals surface area contributed by atoms with Gasteiger partial charge in [-0.3, -0.25) is 9.59 Å². The molecule has 2 amide bonds. The molecule has 1 aliphatic rings. The third-order valence-corrected chi connectivity index (χ3v) is 6.57. The number of hydrogen-bond donors (Lipinski definition) is 1. The number of amides is 2. The summed E-state index contributed by atoms with van der Waals surface area (Å²) in [6, 6.07) is 25.1. The third-order valence-electron chi connectivity index (χ3n) is 6.57. The summed E-state index contributed by atoms with van der Waals surface area (Å²) in [6.07, 6.45) is 1.29. The molecule has 1 aromatic heterocycles. The molecular weight excluding hydrogens is 455 g/mol. The van der Waals surface area contributed by atoms with Crippen LogP contribution in [0.15, 0.2) is 89.3 Å². The van der Waals surface area contributed by atoms with Gasteiger partial charge in [0.15, 0.2) is 0 Å². The van der Waals surface area contributed by atoms with Crippen molar-refractivity contribution in [3.05, 3.63) is 113 Å². The van der Waals surface area contributed by atoms with E-state index >= 15 is 0 Å². The zero-order valence-electron chi connectivity index (χ0n) is 20.0. The lowest BCUT2D eigenvalue weighted by Crippen LogP contribution is -2.35. The van der Waals surface area contributed by atoms with Crippen molar-refractivity contribution in [2.24, 2.45) is 0 Å². The Labute approximate surface area is 209 Å². The number of carbonyl (C=O) groups excluding carboxylic acids is 2. The zero-order valence-corrected chi connectivity index (χ0v) is 20.0. The third kappa shape index (κ3) is 4.93. The highest BCUT2D eigenvalue weighted by Crippen LogP contribution is 2.32. The number of fused-ring (bicyclic) bond motifs is 1. The second-order valence-electron chi connectivity index (χ2n) is 8.99. The van der Waals surface area contributed by atoms with Gasteiger partial charge >= 0.3 is 0 Å². The Morgan fingerprint density at radius 1 is 1.00 bits per heavy atom. The number of benzene rings is 3. The molecule has 0 radical (unpaired) electrons. The Bertz CT molecular complexity index is 1400. The van der Waals surface area contributed by atoms with Crippen molar-refractivity contribution in [3.8, 4) is 11.3 Å². The minimum absolute atomic E-state index is 0.0499. The van der Waals surface area contributed by atoms with Crippen LogP contribution >= 0.6 is 0 Å². The molecular formula is C30H27FN2O3. The second-order valence-corrected chi connectivity index (χ2v) is 8.99. The molecule has 2 heterocycles. The molecule has 0 fully saturated rings. The quantitative estimate of drug-likeness (QED) is 0.345. The summed E-state index contributed by atoms with van der Waals surface area (Å²) in [5, 5.41) is 3.04. The summed E-state index contributed by atoms with van der Waals surface area (Å²) < 4.78 is 19.7. The van der Waals surface area contributed by atoms with Crippen LogP contribution in [0.25, 0.3) is 11.3 Å². The van der Waals surface area contributed by atoms with Crippen molar-refractivity contribution in [2.75, 3.05) is 11.9 Å². The highest BCUT2D eigenvalue weighted by molar-refractivity contribution is 5.96. The minimum Gasteiger partial charge on any atom is -0.461 e.